The topological polar surface area (TPSA) is 79.4 Å². The molecule has 0 spiro atoms. The zero-order chi connectivity index (χ0) is 23.3. The summed E-state index contributed by atoms with van der Waals surface area (Å²) in [6.45, 7) is 4.97. The molecular weight excluding hydrogens is 452 g/mol. The zero-order valence-electron chi connectivity index (χ0n) is 17.9. The van der Waals surface area contributed by atoms with Gasteiger partial charge in [-0.3, -0.25) is 9.69 Å². The molecule has 7 nitrogen and oxygen atoms in total. The van der Waals surface area contributed by atoms with E-state index in [0.29, 0.717) is 24.3 Å². The molecule has 0 unspecified atom stereocenters. The number of carbonyl (C=O) groups is 1. The molecule has 170 valence electrons. The molecule has 0 fully saturated rings. The second kappa shape index (κ2) is 7.93. The quantitative estimate of drug-likeness (QED) is 0.584. The van der Waals surface area contributed by atoms with Crippen LogP contribution in [0.2, 0.25) is 5.02 Å². The Labute approximate surface area is 193 Å². The molecule has 1 amide bonds. The monoisotopic (exact) mass is 471 g/mol. The molecule has 0 aliphatic carbocycles. The Morgan fingerprint density at radius 3 is 2.85 bits per heavy atom. The standard InChI is InChI=1S/C23H20ClF2N5O2/c1-23(2)10-27-8-12-6-13(7-17(26)18(12)23)29-22-28-9-14-20(30-22)33-11-31(21(14)32)19-15(24)4-3-5-16(19)25/h3-7,9,27H,8,10-11H2,1-2H3,(H,28,29,30). The molecule has 5 rings (SSSR count). The molecule has 0 saturated heterocycles. The maximum Gasteiger partial charge on any atom is 0.268 e. The number of carbonyl (C=O) groups excluding carboxylic acids is 1. The van der Waals surface area contributed by atoms with Crippen LogP contribution in [-0.4, -0.2) is 29.2 Å². The number of anilines is 3. The number of nitrogens with one attached hydrogen (secondary N) is 2. The summed E-state index contributed by atoms with van der Waals surface area (Å²) in [5, 5.41) is 6.35. The van der Waals surface area contributed by atoms with E-state index in [9.17, 15) is 13.6 Å². The van der Waals surface area contributed by atoms with Crippen LogP contribution >= 0.6 is 11.6 Å². The molecule has 2 N–H and O–H groups in total. The van der Waals surface area contributed by atoms with Crippen molar-refractivity contribution in [2.45, 2.75) is 25.8 Å². The highest BCUT2D eigenvalue weighted by atomic mass is 35.5. The highest BCUT2D eigenvalue weighted by Gasteiger charge is 2.33. The number of aromatic nitrogens is 2. The molecule has 0 saturated carbocycles. The molecule has 0 atom stereocenters. The van der Waals surface area contributed by atoms with Crippen LogP contribution in [0.25, 0.3) is 0 Å². The van der Waals surface area contributed by atoms with Crippen LogP contribution in [0.5, 0.6) is 5.88 Å². The van der Waals surface area contributed by atoms with E-state index in [1.807, 2.05) is 19.9 Å². The summed E-state index contributed by atoms with van der Waals surface area (Å²) in [7, 11) is 0. The first kappa shape index (κ1) is 21.5. The fraction of sp³-hybridized carbons (Fsp3) is 0.261. The van der Waals surface area contributed by atoms with Crippen molar-refractivity contribution in [3.8, 4) is 5.88 Å². The van der Waals surface area contributed by atoms with Gasteiger partial charge >= 0.3 is 0 Å². The van der Waals surface area contributed by atoms with Crippen LogP contribution in [0.15, 0.2) is 36.5 Å². The minimum atomic E-state index is -0.644. The van der Waals surface area contributed by atoms with Crippen LogP contribution in [0, 0.1) is 11.6 Å². The molecular formula is C23H20ClF2N5O2. The van der Waals surface area contributed by atoms with E-state index in [-0.39, 0.29) is 46.1 Å². The van der Waals surface area contributed by atoms with Gasteiger partial charge in [0, 0.05) is 30.4 Å². The largest absolute Gasteiger partial charge is 0.455 e. The van der Waals surface area contributed by atoms with Crippen LogP contribution < -0.4 is 20.3 Å². The minimum Gasteiger partial charge on any atom is -0.455 e. The Kier molecular flexibility index (Phi) is 5.18. The molecule has 0 bridgehead atoms. The molecule has 1 aromatic heterocycles. The smallest absolute Gasteiger partial charge is 0.268 e. The number of para-hydroxylation sites is 1. The van der Waals surface area contributed by atoms with Gasteiger partial charge in [0.25, 0.3) is 5.91 Å². The average molecular weight is 472 g/mol. The number of rotatable bonds is 3. The maximum atomic E-state index is 14.9. The number of halogens is 3. The lowest BCUT2D eigenvalue weighted by Gasteiger charge is -2.33. The summed E-state index contributed by atoms with van der Waals surface area (Å²) >= 11 is 6.09. The summed E-state index contributed by atoms with van der Waals surface area (Å²) in [6.07, 6.45) is 1.29. The van der Waals surface area contributed by atoms with Gasteiger partial charge in [0.2, 0.25) is 11.8 Å². The second-order valence-electron chi connectivity index (χ2n) is 8.59. The predicted molar refractivity (Wildman–Crippen MR) is 120 cm³/mol. The van der Waals surface area contributed by atoms with Gasteiger partial charge in [-0.25, -0.2) is 13.8 Å². The first-order valence-electron chi connectivity index (χ1n) is 10.3. The summed E-state index contributed by atoms with van der Waals surface area (Å²) in [5.41, 5.74) is 1.70. The molecule has 3 aromatic rings. The molecule has 2 aromatic carbocycles. The van der Waals surface area contributed by atoms with Crippen molar-refractivity contribution >= 4 is 34.8 Å². The summed E-state index contributed by atoms with van der Waals surface area (Å²) in [4.78, 5) is 22.4. The van der Waals surface area contributed by atoms with Crippen molar-refractivity contribution in [2.24, 2.45) is 0 Å². The number of benzene rings is 2. The first-order valence-corrected chi connectivity index (χ1v) is 10.7. The van der Waals surface area contributed by atoms with Crippen LogP contribution in [0.3, 0.4) is 0 Å². The summed E-state index contributed by atoms with van der Waals surface area (Å²) in [6, 6.07) is 7.40. The van der Waals surface area contributed by atoms with E-state index in [1.165, 1.54) is 30.5 Å². The van der Waals surface area contributed by atoms with Crippen molar-refractivity contribution < 1.29 is 18.3 Å². The highest BCUT2D eigenvalue weighted by molar-refractivity contribution is 6.34. The molecule has 10 heteroatoms. The number of ether oxygens (including phenoxy) is 1. The zero-order valence-corrected chi connectivity index (χ0v) is 18.6. The van der Waals surface area contributed by atoms with Crippen LogP contribution in [0.4, 0.5) is 26.1 Å². The lowest BCUT2D eigenvalue weighted by molar-refractivity contribution is 0.0931. The van der Waals surface area contributed by atoms with Gasteiger partial charge in [-0.1, -0.05) is 31.5 Å². The average Bonchev–Trinajstić information content (AvgIpc) is 2.74. The third-order valence-corrected chi connectivity index (χ3v) is 6.06. The van der Waals surface area contributed by atoms with Crippen molar-refractivity contribution in [1.82, 2.24) is 15.3 Å². The van der Waals surface area contributed by atoms with Crippen molar-refractivity contribution in [3.05, 3.63) is 69.9 Å². The van der Waals surface area contributed by atoms with Gasteiger partial charge in [-0.2, -0.15) is 4.98 Å². The Morgan fingerprint density at radius 1 is 1.24 bits per heavy atom. The van der Waals surface area contributed by atoms with E-state index in [2.05, 4.69) is 20.6 Å². The van der Waals surface area contributed by atoms with Gasteiger partial charge < -0.3 is 15.4 Å². The maximum absolute atomic E-state index is 14.9. The minimum absolute atomic E-state index is 0.0439. The lowest BCUT2D eigenvalue weighted by atomic mass is 9.78. The van der Waals surface area contributed by atoms with Gasteiger partial charge in [-0.15, -0.1) is 0 Å². The normalized spacial score (nSPS) is 16.6. The van der Waals surface area contributed by atoms with E-state index < -0.39 is 11.7 Å². The van der Waals surface area contributed by atoms with Crippen LogP contribution in [-0.2, 0) is 12.0 Å². The van der Waals surface area contributed by atoms with E-state index in [1.54, 1.807) is 0 Å². The predicted octanol–water partition coefficient (Wildman–Crippen LogP) is 4.53. The van der Waals surface area contributed by atoms with E-state index in [4.69, 9.17) is 16.3 Å². The Bertz CT molecular complexity index is 1260. The van der Waals surface area contributed by atoms with Crippen LogP contribution in [0.1, 0.15) is 35.3 Å². The number of hydrogen-bond donors (Lipinski definition) is 2. The number of amides is 1. The molecule has 33 heavy (non-hydrogen) atoms. The fourth-order valence-electron chi connectivity index (χ4n) is 4.29. The third kappa shape index (κ3) is 3.77. The van der Waals surface area contributed by atoms with Gasteiger partial charge in [0.15, 0.2) is 6.73 Å². The Morgan fingerprint density at radius 2 is 2.06 bits per heavy atom. The molecule has 2 aliphatic heterocycles. The lowest BCUT2D eigenvalue weighted by Crippen LogP contribution is -2.40. The van der Waals surface area contributed by atoms with Crippen molar-refractivity contribution in [1.29, 1.82) is 0 Å². The SMILES string of the molecule is CC1(C)CNCc2cc(Nc3ncc4c(n3)OCN(c3c(F)cccc3Cl)C4=O)cc(F)c21. The first-order chi connectivity index (χ1) is 15.7. The van der Waals surface area contributed by atoms with Gasteiger partial charge in [0.1, 0.15) is 22.9 Å². The summed E-state index contributed by atoms with van der Waals surface area (Å²) in [5.74, 6) is -1.30. The number of hydrogen-bond acceptors (Lipinski definition) is 6. The van der Waals surface area contributed by atoms with Crippen molar-refractivity contribution in [3.63, 3.8) is 0 Å². The van der Waals surface area contributed by atoms with E-state index in [0.717, 1.165) is 10.5 Å². The molecule has 0 radical (unpaired) electrons. The highest BCUT2D eigenvalue weighted by Crippen LogP contribution is 2.36. The van der Waals surface area contributed by atoms with Crippen molar-refractivity contribution in [2.75, 3.05) is 23.5 Å². The molecule has 2 aliphatic rings. The van der Waals surface area contributed by atoms with Gasteiger partial charge in [0.05, 0.1) is 5.02 Å². The fourth-order valence-corrected chi connectivity index (χ4v) is 4.55. The van der Waals surface area contributed by atoms with Gasteiger partial charge in [-0.05, 0) is 35.4 Å². The Hall–Kier alpha value is -3.30. The number of fused-ring (bicyclic) bond motifs is 2. The second-order valence-corrected chi connectivity index (χ2v) is 9.00. The summed E-state index contributed by atoms with van der Waals surface area (Å²) < 4.78 is 34.8. The molecule has 3 heterocycles. The Balaban J connectivity index is 1.42. The third-order valence-electron chi connectivity index (χ3n) is 5.75. The van der Waals surface area contributed by atoms with E-state index >= 15 is 0 Å². The number of nitrogens with zero attached hydrogens (tertiary/aromatic N) is 3.